The topological polar surface area (TPSA) is 55.8 Å². The van der Waals surface area contributed by atoms with Crippen LogP contribution in [0.25, 0.3) is 0 Å². The summed E-state index contributed by atoms with van der Waals surface area (Å²) >= 11 is 6.23. The first-order valence-corrected chi connectivity index (χ1v) is 9.64. The van der Waals surface area contributed by atoms with Gasteiger partial charge in [0.2, 0.25) is 0 Å². The molecule has 2 fully saturated rings. The first-order valence-electron chi connectivity index (χ1n) is 7.37. The Morgan fingerprint density at radius 1 is 1.23 bits per heavy atom. The molecule has 1 aromatic rings. The molecule has 2 aliphatic heterocycles. The van der Waals surface area contributed by atoms with Crippen molar-refractivity contribution in [1.29, 1.82) is 0 Å². The minimum absolute atomic E-state index is 0.314. The van der Waals surface area contributed by atoms with Gasteiger partial charge < -0.3 is 9.47 Å². The van der Waals surface area contributed by atoms with Gasteiger partial charge in [0.15, 0.2) is 15.6 Å². The van der Waals surface area contributed by atoms with Gasteiger partial charge in [0, 0.05) is 49.3 Å². The summed E-state index contributed by atoms with van der Waals surface area (Å²) in [5, 5.41) is 0.497. The van der Waals surface area contributed by atoms with Crippen molar-refractivity contribution < 1.29 is 17.9 Å². The van der Waals surface area contributed by atoms with Crippen molar-refractivity contribution in [2.24, 2.45) is 0 Å². The highest BCUT2D eigenvalue weighted by Gasteiger charge is 2.39. The molecule has 0 aliphatic carbocycles. The molecule has 5 nitrogen and oxygen atoms in total. The van der Waals surface area contributed by atoms with E-state index in [0.29, 0.717) is 35.2 Å². The molecular weight excluding hydrogens is 326 g/mol. The predicted octanol–water partition coefficient (Wildman–Crippen LogP) is 2.08. The van der Waals surface area contributed by atoms with E-state index in [0.717, 1.165) is 25.9 Å². The Morgan fingerprint density at radius 3 is 2.45 bits per heavy atom. The van der Waals surface area contributed by atoms with Crippen molar-refractivity contribution in [2.45, 2.75) is 30.1 Å². The van der Waals surface area contributed by atoms with Gasteiger partial charge in [0.1, 0.15) is 0 Å². The number of likely N-dealkylation sites (tertiary alicyclic amines) is 1. The number of sulfone groups is 1. The van der Waals surface area contributed by atoms with Crippen molar-refractivity contribution in [3.8, 4) is 0 Å². The van der Waals surface area contributed by atoms with Crippen molar-refractivity contribution in [3.05, 3.63) is 28.8 Å². The first kappa shape index (κ1) is 16.2. The maximum absolute atomic E-state index is 11.9. The van der Waals surface area contributed by atoms with Gasteiger partial charge in [-0.1, -0.05) is 17.7 Å². The van der Waals surface area contributed by atoms with Crippen molar-refractivity contribution in [3.63, 3.8) is 0 Å². The van der Waals surface area contributed by atoms with Crippen molar-refractivity contribution >= 4 is 21.4 Å². The molecule has 22 heavy (non-hydrogen) atoms. The second kappa shape index (κ2) is 6.09. The Balaban J connectivity index is 1.75. The molecule has 0 unspecified atom stereocenters. The van der Waals surface area contributed by atoms with Crippen LogP contribution in [0, 0.1) is 0 Å². The highest BCUT2D eigenvalue weighted by Crippen LogP contribution is 2.33. The number of benzene rings is 1. The monoisotopic (exact) mass is 345 g/mol. The molecule has 7 heteroatoms. The third-order valence-electron chi connectivity index (χ3n) is 4.29. The Bertz CT molecular complexity index is 646. The predicted molar refractivity (Wildman–Crippen MR) is 83.7 cm³/mol. The lowest BCUT2D eigenvalue weighted by Crippen LogP contribution is -2.44. The fourth-order valence-electron chi connectivity index (χ4n) is 3.10. The molecule has 0 saturated carbocycles. The molecule has 2 heterocycles. The van der Waals surface area contributed by atoms with E-state index >= 15 is 0 Å². The Kier molecular flexibility index (Phi) is 4.49. The van der Waals surface area contributed by atoms with Crippen molar-refractivity contribution in [2.75, 3.05) is 32.6 Å². The smallest absolute Gasteiger partial charge is 0.175 e. The van der Waals surface area contributed by atoms with Crippen LogP contribution >= 0.6 is 11.6 Å². The summed E-state index contributed by atoms with van der Waals surface area (Å²) < 4.78 is 35.3. The van der Waals surface area contributed by atoms with E-state index in [-0.39, 0.29) is 0 Å². The summed E-state index contributed by atoms with van der Waals surface area (Å²) in [5.74, 6) is -0.420. The van der Waals surface area contributed by atoms with E-state index in [1.165, 1.54) is 6.26 Å². The van der Waals surface area contributed by atoms with Gasteiger partial charge in [0.05, 0.1) is 18.1 Å². The van der Waals surface area contributed by atoms with E-state index in [4.69, 9.17) is 21.1 Å². The molecule has 1 aromatic carbocycles. The fraction of sp³-hybridized carbons (Fsp3) is 0.600. The van der Waals surface area contributed by atoms with Crippen molar-refractivity contribution in [1.82, 2.24) is 4.90 Å². The van der Waals surface area contributed by atoms with Crippen LogP contribution in [0.4, 0.5) is 0 Å². The van der Waals surface area contributed by atoms with Crippen LogP contribution in [0.1, 0.15) is 18.4 Å². The lowest BCUT2D eigenvalue weighted by atomic mass is 10.0. The summed E-state index contributed by atoms with van der Waals surface area (Å²) in [6, 6.07) is 5.03. The van der Waals surface area contributed by atoms with E-state index in [1.807, 2.05) is 0 Å². The summed E-state index contributed by atoms with van der Waals surface area (Å²) in [6.07, 6.45) is 2.81. The van der Waals surface area contributed by atoms with Gasteiger partial charge in [-0.25, -0.2) is 8.42 Å². The molecule has 0 atom stereocenters. The number of piperidine rings is 1. The number of ether oxygens (including phenoxy) is 2. The van der Waals surface area contributed by atoms with Crippen LogP contribution < -0.4 is 0 Å². The second-order valence-electron chi connectivity index (χ2n) is 5.87. The van der Waals surface area contributed by atoms with E-state index in [2.05, 4.69) is 4.90 Å². The average molecular weight is 346 g/mol. The maximum atomic E-state index is 11.9. The molecule has 0 N–H and O–H groups in total. The maximum Gasteiger partial charge on any atom is 0.175 e. The number of hydrogen-bond acceptors (Lipinski definition) is 5. The molecule has 2 saturated heterocycles. The zero-order chi connectivity index (χ0) is 15.8. The quantitative estimate of drug-likeness (QED) is 0.839. The number of hydrogen-bond donors (Lipinski definition) is 0. The van der Waals surface area contributed by atoms with Gasteiger partial charge in [-0.15, -0.1) is 0 Å². The van der Waals surface area contributed by atoms with Crippen LogP contribution in [-0.2, 0) is 25.9 Å². The highest BCUT2D eigenvalue weighted by molar-refractivity contribution is 7.90. The van der Waals surface area contributed by atoms with Gasteiger partial charge >= 0.3 is 0 Å². The summed E-state index contributed by atoms with van der Waals surface area (Å²) in [4.78, 5) is 2.51. The normalized spacial score (nSPS) is 22.3. The largest absolute Gasteiger partial charge is 0.347 e. The summed E-state index contributed by atoms with van der Waals surface area (Å²) in [7, 11) is -3.29. The molecule has 0 aromatic heterocycles. The second-order valence-corrected chi connectivity index (χ2v) is 8.26. The minimum Gasteiger partial charge on any atom is -0.347 e. The first-order chi connectivity index (χ1) is 10.4. The summed E-state index contributed by atoms with van der Waals surface area (Å²) in [5.41, 5.74) is 0.677. The lowest BCUT2D eigenvalue weighted by molar-refractivity contribution is -0.185. The van der Waals surface area contributed by atoms with E-state index < -0.39 is 15.6 Å². The number of rotatable bonds is 3. The van der Waals surface area contributed by atoms with E-state index in [9.17, 15) is 8.42 Å². The Hall–Kier alpha value is -0.660. The van der Waals surface area contributed by atoms with Gasteiger partial charge in [-0.3, -0.25) is 4.90 Å². The lowest BCUT2D eigenvalue weighted by Gasteiger charge is -2.37. The molecule has 1 spiro atoms. The molecule has 0 amide bonds. The van der Waals surface area contributed by atoms with E-state index in [1.54, 1.807) is 18.2 Å². The Labute approximate surface area is 136 Å². The highest BCUT2D eigenvalue weighted by atomic mass is 35.5. The van der Waals surface area contributed by atoms with Crippen LogP contribution in [0.5, 0.6) is 0 Å². The van der Waals surface area contributed by atoms with Gasteiger partial charge in [-0.05, 0) is 12.1 Å². The third kappa shape index (κ3) is 3.31. The number of halogens is 1. The minimum atomic E-state index is -3.29. The number of nitrogens with zero attached hydrogens (tertiary/aromatic N) is 1. The fourth-order valence-corrected chi connectivity index (χ4v) is 4.34. The van der Waals surface area contributed by atoms with Crippen LogP contribution in [-0.4, -0.2) is 51.7 Å². The summed E-state index contributed by atoms with van der Waals surface area (Å²) in [6.45, 7) is 3.44. The van der Waals surface area contributed by atoms with Gasteiger partial charge in [-0.2, -0.15) is 0 Å². The third-order valence-corrected chi connectivity index (χ3v) is 5.82. The van der Waals surface area contributed by atoms with Crippen LogP contribution in [0.2, 0.25) is 5.02 Å². The van der Waals surface area contributed by atoms with Crippen LogP contribution in [0.15, 0.2) is 23.1 Å². The molecule has 0 radical (unpaired) electrons. The average Bonchev–Trinajstić information content (AvgIpc) is 2.91. The molecule has 122 valence electrons. The zero-order valence-electron chi connectivity index (χ0n) is 12.5. The molecule has 3 rings (SSSR count). The molecule has 0 bridgehead atoms. The molecule has 2 aliphatic rings. The zero-order valence-corrected chi connectivity index (χ0v) is 14.1. The molecular formula is C15H20ClNO4S. The van der Waals surface area contributed by atoms with Gasteiger partial charge in [0.25, 0.3) is 0 Å². The Morgan fingerprint density at radius 2 is 1.86 bits per heavy atom. The SMILES string of the molecule is CS(=O)(=O)c1cccc(Cl)c1CN1CCC2(CC1)OCCO2. The standard InChI is InChI=1S/C15H20ClNO4S/c1-22(18,19)14-4-2-3-13(16)12(14)11-17-7-5-15(6-8-17)20-9-10-21-15/h2-4H,5-11H2,1H3. The van der Waals surface area contributed by atoms with Crippen LogP contribution in [0.3, 0.4) is 0 Å².